The average molecular weight is 304 g/mol. The lowest BCUT2D eigenvalue weighted by Gasteiger charge is -2.05. The molecular weight excluding hydrogens is 288 g/mol. The van der Waals surface area contributed by atoms with Crippen LogP contribution in [-0.4, -0.2) is 26.6 Å². The van der Waals surface area contributed by atoms with Crippen LogP contribution < -0.4 is 10.9 Å². The fourth-order valence-corrected chi connectivity index (χ4v) is 2.40. The topological polar surface area (TPSA) is 87.7 Å². The number of amides is 1. The Morgan fingerprint density at radius 2 is 2.14 bits per heavy atom. The monoisotopic (exact) mass is 304 g/mol. The van der Waals surface area contributed by atoms with Crippen LogP contribution >= 0.6 is 11.8 Å². The highest BCUT2D eigenvalue weighted by Crippen LogP contribution is 2.13. The van der Waals surface area contributed by atoms with E-state index in [0.717, 1.165) is 18.5 Å². The van der Waals surface area contributed by atoms with Gasteiger partial charge in [0.05, 0.1) is 5.75 Å². The van der Waals surface area contributed by atoms with Crippen molar-refractivity contribution in [1.82, 2.24) is 15.0 Å². The third-order valence-electron chi connectivity index (χ3n) is 2.58. The summed E-state index contributed by atoms with van der Waals surface area (Å²) in [6.45, 7) is 2.03. The highest BCUT2D eigenvalue weighted by Gasteiger charge is 2.06. The molecule has 2 aromatic rings. The number of nitrogens with one attached hydrogen (secondary N) is 2. The summed E-state index contributed by atoms with van der Waals surface area (Å²) >= 11 is 1.21. The molecule has 2 aromatic heterocycles. The summed E-state index contributed by atoms with van der Waals surface area (Å²) in [5, 5.41) is 3.22. The number of pyridine rings is 1. The number of thioether (sulfide) groups is 1. The van der Waals surface area contributed by atoms with E-state index < -0.39 is 0 Å². The van der Waals surface area contributed by atoms with Crippen molar-refractivity contribution in [3.05, 3.63) is 46.6 Å². The van der Waals surface area contributed by atoms with Gasteiger partial charge >= 0.3 is 0 Å². The van der Waals surface area contributed by atoms with E-state index in [1.165, 1.54) is 17.8 Å². The zero-order valence-corrected chi connectivity index (χ0v) is 12.4. The highest BCUT2D eigenvalue weighted by molar-refractivity contribution is 7.99. The second kappa shape index (κ2) is 7.58. The molecule has 0 saturated heterocycles. The van der Waals surface area contributed by atoms with Crippen LogP contribution in [0.1, 0.15) is 19.0 Å². The van der Waals surface area contributed by atoms with Crippen molar-refractivity contribution in [2.45, 2.75) is 24.9 Å². The molecule has 21 heavy (non-hydrogen) atoms. The molecule has 0 saturated carbocycles. The molecule has 6 nitrogen and oxygen atoms in total. The number of carbonyl (C=O) groups is 1. The summed E-state index contributed by atoms with van der Waals surface area (Å²) in [5.74, 6) is 0.0237. The van der Waals surface area contributed by atoms with E-state index >= 15 is 0 Å². The number of anilines is 1. The van der Waals surface area contributed by atoms with E-state index in [9.17, 15) is 9.59 Å². The third kappa shape index (κ3) is 5.03. The lowest BCUT2D eigenvalue weighted by Crippen LogP contribution is -2.15. The molecule has 110 valence electrons. The standard InChI is InChI=1S/C14H16N4O2S/c1-2-3-11-8-12(19)18-14(17-11)21-9-13(20)16-10-4-6-15-7-5-10/h4-8H,2-3,9H2,1H3,(H,15,16,20)(H,17,18,19). The van der Waals surface area contributed by atoms with Gasteiger partial charge in [-0.05, 0) is 18.6 Å². The van der Waals surface area contributed by atoms with Crippen LogP contribution in [0.3, 0.4) is 0 Å². The van der Waals surface area contributed by atoms with Crippen LogP contribution in [0, 0.1) is 0 Å². The Hall–Kier alpha value is -2.15. The lowest BCUT2D eigenvalue weighted by atomic mass is 10.2. The minimum atomic E-state index is -0.189. The molecule has 0 spiro atoms. The number of aromatic nitrogens is 3. The Bertz CT molecular complexity index is 658. The molecule has 0 aromatic carbocycles. The SMILES string of the molecule is CCCc1cc(=O)[nH]c(SCC(=O)Nc2ccncc2)n1. The maximum atomic E-state index is 11.8. The second-order valence-electron chi connectivity index (χ2n) is 4.36. The zero-order chi connectivity index (χ0) is 15.1. The first kappa shape index (κ1) is 15.2. The van der Waals surface area contributed by atoms with Gasteiger partial charge in [-0.3, -0.25) is 14.6 Å². The van der Waals surface area contributed by atoms with Crippen molar-refractivity contribution in [1.29, 1.82) is 0 Å². The molecule has 0 aliphatic carbocycles. The molecule has 1 amide bonds. The zero-order valence-electron chi connectivity index (χ0n) is 11.6. The van der Waals surface area contributed by atoms with Gasteiger partial charge in [-0.15, -0.1) is 0 Å². The fourth-order valence-electron chi connectivity index (χ4n) is 1.70. The first-order valence-corrected chi connectivity index (χ1v) is 7.59. The van der Waals surface area contributed by atoms with Crippen molar-refractivity contribution in [2.75, 3.05) is 11.1 Å². The molecule has 0 unspecified atom stereocenters. The van der Waals surface area contributed by atoms with Crippen molar-refractivity contribution in [2.24, 2.45) is 0 Å². The van der Waals surface area contributed by atoms with E-state index in [2.05, 4.69) is 20.3 Å². The van der Waals surface area contributed by atoms with Gasteiger partial charge in [0.2, 0.25) is 5.91 Å². The van der Waals surface area contributed by atoms with Crippen LogP contribution in [0.5, 0.6) is 0 Å². The minimum Gasteiger partial charge on any atom is -0.325 e. The smallest absolute Gasteiger partial charge is 0.251 e. The first-order chi connectivity index (χ1) is 10.2. The summed E-state index contributed by atoms with van der Waals surface area (Å²) in [7, 11) is 0. The quantitative estimate of drug-likeness (QED) is 0.628. The summed E-state index contributed by atoms with van der Waals surface area (Å²) in [6.07, 6.45) is 4.88. The van der Waals surface area contributed by atoms with Crippen LogP contribution in [0.2, 0.25) is 0 Å². The Morgan fingerprint density at radius 3 is 2.86 bits per heavy atom. The molecule has 0 aliphatic heterocycles. The molecule has 2 heterocycles. The van der Waals surface area contributed by atoms with Crippen molar-refractivity contribution in [3.63, 3.8) is 0 Å². The minimum absolute atomic E-state index is 0.158. The number of hydrogen-bond donors (Lipinski definition) is 2. The molecule has 2 rings (SSSR count). The van der Waals surface area contributed by atoms with Gasteiger partial charge < -0.3 is 10.3 Å². The number of carbonyl (C=O) groups excluding carboxylic acids is 1. The van der Waals surface area contributed by atoms with Crippen LogP contribution in [0.4, 0.5) is 5.69 Å². The van der Waals surface area contributed by atoms with Gasteiger partial charge in [0.1, 0.15) is 0 Å². The number of rotatable bonds is 6. The summed E-state index contributed by atoms with van der Waals surface area (Å²) in [4.78, 5) is 34.1. The summed E-state index contributed by atoms with van der Waals surface area (Å²) < 4.78 is 0. The molecule has 0 radical (unpaired) electrons. The Labute approximate surface area is 126 Å². The van der Waals surface area contributed by atoms with Gasteiger partial charge in [-0.25, -0.2) is 4.98 Å². The van der Waals surface area contributed by atoms with Gasteiger partial charge in [-0.2, -0.15) is 0 Å². The van der Waals surface area contributed by atoms with E-state index in [0.29, 0.717) is 10.8 Å². The van der Waals surface area contributed by atoms with E-state index in [4.69, 9.17) is 0 Å². The molecule has 7 heteroatoms. The third-order valence-corrected chi connectivity index (χ3v) is 3.46. The van der Waals surface area contributed by atoms with Crippen molar-refractivity contribution in [3.8, 4) is 0 Å². The first-order valence-electron chi connectivity index (χ1n) is 6.60. The van der Waals surface area contributed by atoms with Crippen LogP contribution in [-0.2, 0) is 11.2 Å². The van der Waals surface area contributed by atoms with Crippen molar-refractivity contribution >= 4 is 23.4 Å². The number of aryl methyl sites for hydroxylation is 1. The maximum Gasteiger partial charge on any atom is 0.251 e. The summed E-state index contributed by atoms with van der Waals surface area (Å²) in [5.41, 5.74) is 1.25. The fraction of sp³-hybridized carbons (Fsp3) is 0.286. The Kier molecular flexibility index (Phi) is 5.51. The number of hydrogen-bond acceptors (Lipinski definition) is 5. The molecule has 0 fully saturated rings. The average Bonchev–Trinajstić information content (AvgIpc) is 2.46. The summed E-state index contributed by atoms with van der Waals surface area (Å²) in [6, 6.07) is 4.92. The van der Waals surface area contributed by atoms with Gasteiger partial charge in [-0.1, -0.05) is 25.1 Å². The Morgan fingerprint density at radius 1 is 1.38 bits per heavy atom. The largest absolute Gasteiger partial charge is 0.325 e. The molecule has 0 atom stereocenters. The number of nitrogens with zero attached hydrogens (tertiary/aromatic N) is 2. The van der Waals surface area contributed by atoms with Crippen LogP contribution in [0.25, 0.3) is 0 Å². The van der Waals surface area contributed by atoms with E-state index in [1.807, 2.05) is 6.92 Å². The highest BCUT2D eigenvalue weighted by atomic mass is 32.2. The molecule has 0 aliphatic rings. The van der Waals surface area contributed by atoms with E-state index in [-0.39, 0.29) is 17.2 Å². The van der Waals surface area contributed by atoms with Crippen LogP contribution in [0.15, 0.2) is 40.5 Å². The number of H-pyrrole nitrogens is 1. The molecule has 2 N–H and O–H groups in total. The van der Waals surface area contributed by atoms with Gasteiger partial charge in [0, 0.05) is 29.8 Å². The van der Waals surface area contributed by atoms with Crippen molar-refractivity contribution < 1.29 is 4.79 Å². The predicted octanol–water partition coefficient (Wildman–Crippen LogP) is 1.85. The van der Waals surface area contributed by atoms with E-state index in [1.54, 1.807) is 24.5 Å². The lowest BCUT2D eigenvalue weighted by molar-refractivity contribution is -0.113. The second-order valence-corrected chi connectivity index (χ2v) is 5.33. The molecular formula is C14H16N4O2S. The van der Waals surface area contributed by atoms with Gasteiger partial charge in [0.15, 0.2) is 5.16 Å². The Balaban J connectivity index is 1.93. The van der Waals surface area contributed by atoms with Gasteiger partial charge in [0.25, 0.3) is 5.56 Å². The predicted molar refractivity (Wildman–Crippen MR) is 82.4 cm³/mol. The maximum absolute atomic E-state index is 11.8. The normalized spacial score (nSPS) is 10.3. The number of aromatic amines is 1. The molecule has 0 bridgehead atoms.